The molecule has 1 aliphatic rings. The molecule has 1 aliphatic heterocycles. The number of hydrogen-bond acceptors (Lipinski definition) is 5. The summed E-state index contributed by atoms with van der Waals surface area (Å²) in [5, 5.41) is 0. The lowest BCUT2D eigenvalue weighted by molar-refractivity contribution is 0.527. The minimum atomic E-state index is -3.50. The van der Waals surface area contributed by atoms with Crippen LogP contribution in [0.4, 0.5) is 11.4 Å². The summed E-state index contributed by atoms with van der Waals surface area (Å²) < 4.78 is 27.7. The Bertz CT molecular complexity index is 774. The highest BCUT2D eigenvalue weighted by Crippen LogP contribution is 2.37. The van der Waals surface area contributed by atoms with Crippen LogP contribution in [0.25, 0.3) is 0 Å². The van der Waals surface area contributed by atoms with E-state index in [2.05, 4.69) is 19.6 Å². The summed E-state index contributed by atoms with van der Waals surface area (Å²) in [5.41, 5.74) is 2.55. The molecule has 0 saturated heterocycles. The summed E-state index contributed by atoms with van der Waals surface area (Å²) in [7, 11) is -0.504. The van der Waals surface area contributed by atoms with Gasteiger partial charge in [-0.15, -0.1) is 11.8 Å². The molecule has 23 heavy (non-hydrogen) atoms. The van der Waals surface area contributed by atoms with Gasteiger partial charge in [0.2, 0.25) is 0 Å². The van der Waals surface area contributed by atoms with Crippen molar-refractivity contribution in [3.05, 3.63) is 36.4 Å². The van der Waals surface area contributed by atoms with E-state index in [1.54, 1.807) is 24.2 Å². The molecule has 0 fully saturated rings. The molecular formula is C14H19N5O2S2. The smallest absolute Gasteiger partial charge is 0.301 e. The van der Waals surface area contributed by atoms with Gasteiger partial charge in [0.1, 0.15) is 0 Å². The number of fused-ring (bicyclic) bond motifs is 1. The van der Waals surface area contributed by atoms with E-state index in [0.717, 1.165) is 32.9 Å². The van der Waals surface area contributed by atoms with Crippen molar-refractivity contribution in [2.24, 2.45) is 0 Å². The predicted octanol–water partition coefficient (Wildman–Crippen LogP) is 1.74. The highest BCUT2D eigenvalue weighted by molar-refractivity contribution is 7.99. The van der Waals surface area contributed by atoms with Crippen LogP contribution in [0.5, 0.6) is 0 Å². The molecule has 1 aromatic carbocycles. The maximum absolute atomic E-state index is 12.0. The van der Waals surface area contributed by atoms with Gasteiger partial charge in [-0.3, -0.25) is 4.72 Å². The van der Waals surface area contributed by atoms with Crippen LogP contribution in [-0.2, 0) is 16.8 Å². The normalized spacial score (nSPS) is 14.8. The van der Waals surface area contributed by atoms with Gasteiger partial charge in [-0.05, 0) is 18.2 Å². The summed E-state index contributed by atoms with van der Waals surface area (Å²) in [6, 6.07) is 5.64. The van der Waals surface area contributed by atoms with Crippen molar-refractivity contribution in [1.29, 1.82) is 0 Å². The van der Waals surface area contributed by atoms with E-state index >= 15 is 0 Å². The van der Waals surface area contributed by atoms with E-state index in [1.165, 1.54) is 14.1 Å². The fraction of sp³-hybridized carbons (Fsp3) is 0.357. The fourth-order valence-corrected chi connectivity index (χ4v) is 3.95. The van der Waals surface area contributed by atoms with Crippen LogP contribution in [0.15, 0.2) is 35.6 Å². The van der Waals surface area contributed by atoms with Crippen LogP contribution in [0.1, 0.15) is 5.69 Å². The summed E-state index contributed by atoms with van der Waals surface area (Å²) in [6.07, 6.45) is 3.54. The van der Waals surface area contributed by atoms with Crippen LogP contribution >= 0.6 is 11.8 Å². The maximum Gasteiger partial charge on any atom is 0.301 e. The number of imidazole rings is 1. The van der Waals surface area contributed by atoms with Crippen LogP contribution in [0.3, 0.4) is 0 Å². The first-order valence-corrected chi connectivity index (χ1v) is 9.58. The van der Waals surface area contributed by atoms with Gasteiger partial charge in [0, 0.05) is 37.5 Å². The molecule has 2 N–H and O–H groups in total. The zero-order valence-electron chi connectivity index (χ0n) is 13.0. The standard InChI is InChI=1S/C14H19N5O2S2/c1-18(2)23(20,21)17-11-3-4-14-13(7-11)19(5-6-22-14)9-12-8-15-10-16-12/h3-4,7-8,10,17H,5-6,9H2,1-2H3,(H,15,16). The first-order valence-electron chi connectivity index (χ1n) is 7.15. The predicted molar refractivity (Wildman–Crippen MR) is 93.0 cm³/mol. The van der Waals surface area contributed by atoms with Crippen molar-refractivity contribution in [3.63, 3.8) is 0 Å². The molecule has 3 rings (SSSR count). The molecule has 2 heterocycles. The first kappa shape index (κ1) is 16.2. The Kier molecular flexibility index (Phi) is 4.51. The van der Waals surface area contributed by atoms with E-state index in [4.69, 9.17) is 0 Å². The van der Waals surface area contributed by atoms with Gasteiger partial charge in [0.15, 0.2) is 0 Å². The first-order chi connectivity index (χ1) is 11.0. The number of rotatable bonds is 5. The van der Waals surface area contributed by atoms with Gasteiger partial charge >= 0.3 is 10.2 Å². The minimum Gasteiger partial charge on any atom is -0.364 e. The van der Waals surface area contributed by atoms with Crippen molar-refractivity contribution < 1.29 is 8.42 Å². The monoisotopic (exact) mass is 353 g/mol. The van der Waals surface area contributed by atoms with Gasteiger partial charge in [-0.25, -0.2) is 4.98 Å². The molecule has 2 aromatic rings. The molecule has 0 unspecified atom stereocenters. The van der Waals surface area contributed by atoms with E-state index in [9.17, 15) is 8.42 Å². The molecule has 0 aliphatic carbocycles. The summed E-state index contributed by atoms with van der Waals surface area (Å²) in [6.45, 7) is 1.59. The lowest BCUT2D eigenvalue weighted by Gasteiger charge is -2.30. The molecule has 0 amide bonds. The van der Waals surface area contributed by atoms with Gasteiger partial charge in [-0.1, -0.05) is 0 Å². The van der Waals surface area contributed by atoms with Crippen molar-refractivity contribution in [2.45, 2.75) is 11.4 Å². The zero-order chi connectivity index (χ0) is 16.4. The van der Waals surface area contributed by atoms with E-state index in [1.807, 2.05) is 18.3 Å². The molecule has 0 radical (unpaired) electrons. The van der Waals surface area contributed by atoms with Crippen LogP contribution in [0.2, 0.25) is 0 Å². The SMILES string of the molecule is CN(C)S(=O)(=O)Nc1ccc2c(c1)N(Cc1c[nH]cn1)CCS2. The van der Waals surface area contributed by atoms with Crippen LogP contribution in [-0.4, -0.2) is 49.1 Å². The highest BCUT2D eigenvalue weighted by atomic mass is 32.2. The largest absolute Gasteiger partial charge is 0.364 e. The summed E-state index contributed by atoms with van der Waals surface area (Å²) in [5.74, 6) is 1.00. The number of nitrogens with one attached hydrogen (secondary N) is 2. The van der Waals surface area contributed by atoms with Gasteiger partial charge in [0.25, 0.3) is 0 Å². The van der Waals surface area contributed by atoms with E-state index in [0.29, 0.717) is 12.2 Å². The van der Waals surface area contributed by atoms with Crippen molar-refractivity contribution in [3.8, 4) is 0 Å². The number of aromatic amines is 1. The van der Waals surface area contributed by atoms with Gasteiger partial charge in [-0.2, -0.15) is 12.7 Å². The molecule has 0 spiro atoms. The van der Waals surface area contributed by atoms with Crippen molar-refractivity contribution in [1.82, 2.24) is 14.3 Å². The molecule has 0 bridgehead atoms. The minimum absolute atomic E-state index is 0.562. The second-order valence-corrected chi connectivity index (χ2v) is 8.42. The molecule has 124 valence electrons. The Morgan fingerprint density at radius 2 is 2.26 bits per heavy atom. The highest BCUT2D eigenvalue weighted by Gasteiger charge is 2.20. The van der Waals surface area contributed by atoms with Crippen molar-refractivity contribution in [2.75, 3.05) is 36.0 Å². The second kappa shape index (κ2) is 6.42. The number of thioether (sulfide) groups is 1. The molecule has 7 nitrogen and oxygen atoms in total. The number of benzene rings is 1. The Hall–Kier alpha value is -1.71. The van der Waals surface area contributed by atoms with E-state index < -0.39 is 10.2 Å². The maximum atomic E-state index is 12.0. The van der Waals surface area contributed by atoms with Gasteiger partial charge < -0.3 is 9.88 Å². The fourth-order valence-electron chi connectivity index (χ4n) is 2.31. The summed E-state index contributed by atoms with van der Waals surface area (Å²) >= 11 is 1.78. The Labute approximate surface area is 140 Å². The number of anilines is 2. The Balaban J connectivity index is 1.87. The number of H-pyrrole nitrogens is 1. The van der Waals surface area contributed by atoms with E-state index in [-0.39, 0.29) is 0 Å². The molecule has 9 heteroatoms. The summed E-state index contributed by atoms with van der Waals surface area (Å²) in [4.78, 5) is 10.6. The molecule has 0 saturated carbocycles. The lowest BCUT2D eigenvalue weighted by Crippen LogP contribution is -2.30. The molecular weight excluding hydrogens is 334 g/mol. The third-order valence-corrected chi connectivity index (χ3v) is 6.05. The third kappa shape index (κ3) is 3.62. The topological polar surface area (TPSA) is 81.3 Å². The third-order valence-electron chi connectivity index (χ3n) is 3.55. The average molecular weight is 353 g/mol. The lowest BCUT2D eigenvalue weighted by atomic mass is 10.2. The van der Waals surface area contributed by atoms with Crippen LogP contribution < -0.4 is 9.62 Å². The molecule has 0 atom stereocenters. The number of nitrogens with zero attached hydrogens (tertiary/aromatic N) is 3. The Morgan fingerprint density at radius 1 is 1.43 bits per heavy atom. The van der Waals surface area contributed by atoms with Crippen LogP contribution in [0, 0.1) is 0 Å². The Morgan fingerprint density at radius 3 is 2.96 bits per heavy atom. The number of aromatic nitrogens is 2. The quantitative estimate of drug-likeness (QED) is 0.856. The average Bonchev–Trinajstić information content (AvgIpc) is 3.00. The molecule has 1 aromatic heterocycles. The number of hydrogen-bond donors (Lipinski definition) is 2. The van der Waals surface area contributed by atoms with Crippen molar-refractivity contribution >= 4 is 33.3 Å². The zero-order valence-corrected chi connectivity index (χ0v) is 14.6. The van der Waals surface area contributed by atoms with Gasteiger partial charge in [0.05, 0.1) is 29.9 Å². The second-order valence-electron chi connectivity index (χ2n) is 5.40.